The summed E-state index contributed by atoms with van der Waals surface area (Å²) in [5.41, 5.74) is 2.30. The van der Waals surface area contributed by atoms with Gasteiger partial charge in [-0.1, -0.05) is 0 Å². The highest BCUT2D eigenvalue weighted by Gasteiger charge is 2.19. The van der Waals surface area contributed by atoms with Crippen molar-refractivity contribution in [1.29, 1.82) is 0 Å². The normalized spacial score (nSPS) is 12.1. The Morgan fingerprint density at radius 1 is 1.15 bits per heavy atom. The van der Waals surface area contributed by atoms with E-state index in [0.717, 1.165) is 11.3 Å². The summed E-state index contributed by atoms with van der Waals surface area (Å²) in [7, 11) is 1.52. The van der Waals surface area contributed by atoms with Crippen molar-refractivity contribution < 1.29 is 19.0 Å². The minimum absolute atomic E-state index is 0.124. The monoisotopic (exact) mass is 352 g/mol. The molecule has 0 spiro atoms. The summed E-state index contributed by atoms with van der Waals surface area (Å²) in [6, 6.07) is 13.1. The molecule has 0 bridgehead atoms. The number of aromatic nitrogens is 3. The first-order valence-electron chi connectivity index (χ1n) is 7.93. The van der Waals surface area contributed by atoms with Crippen LogP contribution in [0.4, 0.5) is 5.69 Å². The van der Waals surface area contributed by atoms with E-state index in [0.29, 0.717) is 23.0 Å². The molecule has 0 saturated heterocycles. The Bertz CT molecular complexity index is 966. The van der Waals surface area contributed by atoms with Crippen LogP contribution in [0.15, 0.2) is 42.5 Å². The number of carbonyl (C=O) groups excluding carboxylic acids is 1. The first kappa shape index (κ1) is 15.9. The maximum absolute atomic E-state index is 11.2. The van der Waals surface area contributed by atoms with Crippen LogP contribution >= 0.6 is 0 Å². The first-order chi connectivity index (χ1) is 12.6. The summed E-state index contributed by atoms with van der Waals surface area (Å²) in [5, 5.41) is 7.12. The number of rotatable bonds is 4. The van der Waals surface area contributed by atoms with E-state index in [2.05, 4.69) is 15.4 Å². The topological polar surface area (TPSA) is 87.5 Å². The van der Waals surface area contributed by atoms with Crippen LogP contribution in [0.3, 0.4) is 0 Å². The molecule has 132 valence electrons. The SMILES string of the molecule is COc1nc(-c2ccc3c(c2)OCO3)n(-c2ccc(NC(C)=O)cc2)n1. The van der Waals surface area contributed by atoms with Gasteiger partial charge in [0.15, 0.2) is 17.3 Å². The molecule has 0 aliphatic carbocycles. The Morgan fingerprint density at radius 3 is 2.65 bits per heavy atom. The molecular formula is C18H16N4O4. The van der Waals surface area contributed by atoms with Gasteiger partial charge in [-0.15, -0.1) is 5.10 Å². The molecule has 0 unspecified atom stereocenters. The third kappa shape index (κ3) is 2.92. The maximum atomic E-state index is 11.2. The van der Waals surface area contributed by atoms with Crippen molar-refractivity contribution in [3.05, 3.63) is 42.5 Å². The van der Waals surface area contributed by atoms with Gasteiger partial charge in [-0.3, -0.25) is 4.79 Å². The second-order valence-corrected chi connectivity index (χ2v) is 5.63. The number of nitrogens with one attached hydrogen (secondary N) is 1. The molecule has 1 amide bonds. The highest BCUT2D eigenvalue weighted by atomic mass is 16.7. The van der Waals surface area contributed by atoms with E-state index in [9.17, 15) is 4.79 Å². The number of hydrogen-bond acceptors (Lipinski definition) is 6. The molecule has 2 heterocycles. The molecule has 1 N–H and O–H groups in total. The van der Waals surface area contributed by atoms with E-state index in [1.165, 1.54) is 14.0 Å². The highest BCUT2D eigenvalue weighted by molar-refractivity contribution is 5.88. The average molecular weight is 352 g/mol. The zero-order chi connectivity index (χ0) is 18.1. The van der Waals surface area contributed by atoms with Crippen molar-refractivity contribution in [2.45, 2.75) is 6.92 Å². The molecule has 0 radical (unpaired) electrons. The minimum atomic E-state index is -0.124. The van der Waals surface area contributed by atoms with E-state index < -0.39 is 0 Å². The van der Waals surface area contributed by atoms with Gasteiger partial charge in [0.05, 0.1) is 12.8 Å². The number of ether oxygens (including phenoxy) is 3. The molecule has 0 saturated carbocycles. The van der Waals surface area contributed by atoms with Gasteiger partial charge in [0.2, 0.25) is 12.7 Å². The molecule has 0 atom stereocenters. The van der Waals surface area contributed by atoms with Crippen molar-refractivity contribution in [3.63, 3.8) is 0 Å². The molecular weight excluding hydrogens is 336 g/mol. The lowest BCUT2D eigenvalue weighted by atomic mass is 10.2. The summed E-state index contributed by atoms with van der Waals surface area (Å²) >= 11 is 0. The van der Waals surface area contributed by atoms with Gasteiger partial charge < -0.3 is 19.5 Å². The lowest BCUT2D eigenvalue weighted by Crippen LogP contribution is -2.06. The number of anilines is 1. The standard InChI is InChI=1S/C18H16N4O4/c1-11(23)19-13-4-6-14(7-5-13)22-17(20-18(21-22)24-2)12-3-8-15-16(9-12)26-10-25-15/h3-9H,10H2,1-2H3,(H,19,23). The fourth-order valence-electron chi connectivity index (χ4n) is 2.67. The van der Waals surface area contributed by atoms with E-state index >= 15 is 0 Å². The van der Waals surface area contributed by atoms with Crippen LogP contribution in [0.1, 0.15) is 6.92 Å². The molecule has 2 aromatic carbocycles. The number of methoxy groups -OCH3 is 1. The fourth-order valence-corrected chi connectivity index (χ4v) is 2.67. The van der Waals surface area contributed by atoms with Crippen LogP contribution in [-0.4, -0.2) is 34.6 Å². The lowest BCUT2D eigenvalue weighted by Gasteiger charge is -2.08. The maximum Gasteiger partial charge on any atom is 0.336 e. The van der Waals surface area contributed by atoms with Crippen molar-refractivity contribution in [2.24, 2.45) is 0 Å². The van der Waals surface area contributed by atoms with E-state index in [-0.39, 0.29) is 18.7 Å². The van der Waals surface area contributed by atoms with Crippen molar-refractivity contribution in [2.75, 3.05) is 19.2 Å². The number of benzene rings is 2. The first-order valence-corrected chi connectivity index (χ1v) is 7.93. The Hall–Kier alpha value is -3.55. The molecule has 1 aliphatic heterocycles. The molecule has 8 nitrogen and oxygen atoms in total. The van der Waals surface area contributed by atoms with Gasteiger partial charge in [0.25, 0.3) is 0 Å². The van der Waals surface area contributed by atoms with E-state index in [1.807, 2.05) is 30.3 Å². The van der Waals surface area contributed by atoms with Gasteiger partial charge >= 0.3 is 6.01 Å². The molecule has 1 aliphatic rings. The van der Waals surface area contributed by atoms with Crippen molar-refractivity contribution in [3.8, 4) is 34.6 Å². The molecule has 0 fully saturated rings. The number of fused-ring (bicyclic) bond motifs is 1. The number of carbonyl (C=O) groups is 1. The van der Waals surface area contributed by atoms with Crippen molar-refractivity contribution >= 4 is 11.6 Å². The Morgan fingerprint density at radius 2 is 1.92 bits per heavy atom. The van der Waals surface area contributed by atoms with E-state index in [1.54, 1.807) is 16.8 Å². The van der Waals surface area contributed by atoms with Gasteiger partial charge in [-0.05, 0) is 42.5 Å². The van der Waals surface area contributed by atoms with Gasteiger partial charge in [0.1, 0.15) is 0 Å². The van der Waals surface area contributed by atoms with Gasteiger partial charge in [-0.2, -0.15) is 4.98 Å². The van der Waals surface area contributed by atoms with Gasteiger partial charge in [0, 0.05) is 18.2 Å². The largest absolute Gasteiger partial charge is 0.466 e. The van der Waals surface area contributed by atoms with Crippen LogP contribution in [0, 0.1) is 0 Å². The highest BCUT2D eigenvalue weighted by Crippen LogP contribution is 2.36. The molecule has 8 heteroatoms. The Balaban J connectivity index is 1.75. The quantitative estimate of drug-likeness (QED) is 0.777. The Labute approximate surface area is 149 Å². The van der Waals surface area contributed by atoms with Crippen molar-refractivity contribution in [1.82, 2.24) is 14.8 Å². The molecule has 1 aromatic heterocycles. The predicted octanol–water partition coefficient (Wildman–Crippen LogP) is 2.63. The average Bonchev–Trinajstić information content (AvgIpc) is 3.28. The summed E-state index contributed by atoms with van der Waals surface area (Å²) < 4.78 is 17.7. The third-order valence-corrected chi connectivity index (χ3v) is 3.83. The zero-order valence-corrected chi connectivity index (χ0v) is 14.2. The van der Waals surface area contributed by atoms with Crippen LogP contribution in [0.2, 0.25) is 0 Å². The molecule has 3 aromatic rings. The van der Waals surface area contributed by atoms with Crippen LogP contribution in [0.25, 0.3) is 17.1 Å². The Kier molecular flexibility index (Phi) is 3.92. The molecule has 4 rings (SSSR count). The minimum Gasteiger partial charge on any atom is -0.466 e. The second kappa shape index (κ2) is 6.40. The summed E-state index contributed by atoms with van der Waals surface area (Å²) in [5.74, 6) is 1.84. The smallest absolute Gasteiger partial charge is 0.336 e. The fraction of sp³-hybridized carbons (Fsp3) is 0.167. The second-order valence-electron chi connectivity index (χ2n) is 5.63. The van der Waals surface area contributed by atoms with Gasteiger partial charge in [-0.25, -0.2) is 4.68 Å². The number of amides is 1. The molecule has 26 heavy (non-hydrogen) atoms. The third-order valence-electron chi connectivity index (χ3n) is 3.83. The zero-order valence-electron chi connectivity index (χ0n) is 14.2. The summed E-state index contributed by atoms with van der Waals surface area (Å²) in [4.78, 5) is 15.6. The van der Waals surface area contributed by atoms with Crippen LogP contribution in [0.5, 0.6) is 17.5 Å². The van der Waals surface area contributed by atoms with Crippen LogP contribution < -0.4 is 19.5 Å². The van der Waals surface area contributed by atoms with Crippen LogP contribution in [-0.2, 0) is 4.79 Å². The predicted molar refractivity (Wildman–Crippen MR) is 93.8 cm³/mol. The number of nitrogens with zero attached hydrogens (tertiary/aromatic N) is 3. The summed E-state index contributed by atoms with van der Waals surface area (Å²) in [6.07, 6.45) is 0. The lowest BCUT2D eigenvalue weighted by molar-refractivity contribution is -0.114. The van der Waals surface area contributed by atoms with E-state index in [4.69, 9.17) is 14.2 Å². The summed E-state index contributed by atoms with van der Waals surface area (Å²) in [6.45, 7) is 1.67. The number of hydrogen-bond donors (Lipinski definition) is 1.